The Morgan fingerprint density at radius 2 is 2.06 bits per heavy atom. The molecule has 0 spiro atoms. The zero-order chi connectivity index (χ0) is 12.8. The lowest BCUT2D eigenvalue weighted by Crippen LogP contribution is -2.40. The summed E-state index contributed by atoms with van der Waals surface area (Å²) in [5.41, 5.74) is 5.25. The maximum atomic E-state index is 11.4. The second-order valence-corrected chi connectivity index (χ2v) is 4.78. The third kappa shape index (κ3) is 8.13. The molecule has 0 fully saturated rings. The highest BCUT2D eigenvalue weighted by molar-refractivity contribution is 5.68. The Balaban J connectivity index is 3.99. The Bertz CT molecular complexity index is 284. The third-order valence-corrected chi connectivity index (χ3v) is 1.70. The molecular weight excluding hydrogens is 204 g/mol. The van der Waals surface area contributed by atoms with Crippen LogP contribution in [0.1, 0.15) is 41.0 Å². The third-order valence-electron chi connectivity index (χ3n) is 1.70. The van der Waals surface area contributed by atoms with Gasteiger partial charge in [0.2, 0.25) is 0 Å². The van der Waals surface area contributed by atoms with Crippen LogP contribution in [0.5, 0.6) is 0 Å². The predicted octanol–water partition coefficient (Wildman–Crippen LogP) is 1.64. The van der Waals surface area contributed by atoms with E-state index >= 15 is 0 Å². The summed E-state index contributed by atoms with van der Waals surface area (Å²) in [6, 6.07) is -0.263. The van der Waals surface area contributed by atoms with Gasteiger partial charge < -0.3 is 15.8 Å². The number of hydrogen-bond acceptors (Lipinski definition) is 3. The number of rotatable bonds is 3. The summed E-state index contributed by atoms with van der Waals surface area (Å²) in [4.78, 5) is 11.4. The van der Waals surface area contributed by atoms with Crippen molar-refractivity contribution in [2.45, 2.75) is 58.7 Å². The van der Waals surface area contributed by atoms with Crippen LogP contribution >= 0.6 is 0 Å². The molecule has 16 heavy (non-hydrogen) atoms. The molecule has 0 aromatic heterocycles. The highest BCUT2D eigenvalue weighted by Gasteiger charge is 2.18. The summed E-state index contributed by atoms with van der Waals surface area (Å²) >= 11 is 0. The normalized spacial score (nSPS) is 14.4. The van der Waals surface area contributed by atoms with Crippen LogP contribution in [0, 0.1) is 11.8 Å². The minimum atomic E-state index is -0.477. The lowest BCUT2D eigenvalue weighted by atomic mass is 10.1. The van der Waals surface area contributed by atoms with Gasteiger partial charge >= 0.3 is 6.09 Å². The zero-order valence-electron chi connectivity index (χ0n) is 10.8. The van der Waals surface area contributed by atoms with Crippen LogP contribution in [0.15, 0.2) is 0 Å². The van der Waals surface area contributed by atoms with Gasteiger partial charge in [-0.05, 0) is 41.0 Å². The molecule has 0 saturated heterocycles. The van der Waals surface area contributed by atoms with E-state index in [1.165, 1.54) is 0 Å². The monoisotopic (exact) mass is 226 g/mol. The molecule has 1 amide bonds. The molecule has 2 atom stereocenters. The number of carbonyl (C=O) groups is 1. The molecular formula is C12H22N2O2. The lowest BCUT2D eigenvalue weighted by molar-refractivity contribution is 0.0506. The summed E-state index contributed by atoms with van der Waals surface area (Å²) < 4.78 is 5.12. The molecule has 3 N–H and O–H groups in total. The van der Waals surface area contributed by atoms with Gasteiger partial charge in [-0.1, -0.05) is 5.92 Å². The van der Waals surface area contributed by atoms with E-state index in [9.17, 15) is 4.79 Å². The van der Waals surface area contributed by atoms with Gasteiger partial charge in [0.1, 0.15) is 5.60 Å². The first-order valence-electron chi connectivity index (χ1n) is 5.42. The fraction of sp³-hybridized carbons (Fsp3) is 0.750. The van der Waals surface area contributed by atoms with E-state index in [4.69, 9.17) is 10.5 Å². The van der Waals surface area contributed by atoms with E-state index in [2.05, 4.69) is 17.2 Å². The van der Waals surface area contributed by atoms with Crippen molar-refractivity contribution in [3.05, 3.63) is 0 Å². The fourth-order valence-corrected chi connectivity index (χ4v) is 1.19. The Morgan fingerprint density at radius 1 is 1.50 bits per heavy atom. The molecule has 0 aromatic rings. The van der Waals surface area contributed by atoms with Crippen molar-refractivity contribution in [1.29, 1.82) is 0 Å². The first-order valence-corrected chi connectivity index (χ1v) is 5.42. The zero-order valence-corrected chi connectivity index (χ0v) is 10.8. The van der Waals surface area contributed by atoms with E-state index in [1.54, 1.807) is 6.92 Å². The van der Waals surface area contributed by atoms with E-state index < -0.39 is 11.7 Å². The van der Waals surface area contributed by atoms with Crippen LogP contribution in [0.25, 0.3) is 0 Å². The van der Waals surface area contributed by atoms with Crippen LogP contribution in [-0.4, -0.2) is 23.8 Å². The molecule has 4 nitrogen and oxygen atoms in total. The maximum absolute atomic E-state index is 11.4. The van der Waals surface area contributed by atoms with Gasteiger partial charge in [0.15, 0.2) is 0 Å². The van der Waals surface area contributed by atoms with Gasteiger partial charge in [-0.25, -0.2) is 4.79 Å². The Kier molecular flexibility index (Phi) is 5.91. The molecule has 0 rings (SSSR count). The number of ether oxygens (including phenoxy) is 1. The van der Waals surface area contributed by atoms with Crippen molar-refractivity contribution in [3.63, 3.8) is 0 Å². The minimum absolute atomic E-state index is 0.0503. The summed E-state index contributed by atoms with van der Waals surface area (Å²) in [5, 5.41) is 2.72. The summed E-state index contributed by atoms with van der Waals surface area (Å²) in [5.74, 6) is 5.58. The van der Waals surface area contributed by atoms with E-state index in [-0.39, 0.29) is 12.1 Å². The Morgan fingerprint density at radius 3 is 2.50 bits per heavy atom. The van der Waals surface area contributed by atoms with Crippen molar-refractivity contribution in [2.75, 3.05) is 0 Å². The molecule has 4 heteroatoms. The summed E-state index contributed by atoms with van der Waals surface area (Å²) in [7, 11) is 0. The van der Waals surface area contributed by atoms with Crippen LogP contribution < -0.4 is 11.1 Å². The van der Waals surface area contributed by atoms with Crippen molar-refractivity contribution < 1.29 is 9.53 Å². The van der Waals surface area contributed by atoms with Gasteiger partial charge in [0.05, 0.1) is 6.04 Å². The van der Waals surface area contributed by atoms with Crippen LogP contribution in [0.2, 0.25) is 0 Å². The molecule has 0 heterocycles. The second-order valence-electron chi connectivity index (χ2n) is 4.78. The minimum Gasteiger partial charge on any atom is -0.444 e. The Hall–Kier alpha value is -1.21. The average Bonchev–Trinajstić information content (AvgIpc) is 1.98. The van der Waals surface area contributed by atoms with Crippen molar-refractivity contribution in [1.82, 2.24) is 5.32 Å². The topological polar surface area (TPSA) is 64.3 Å². The highest BCUT2D eigenvalue weighted by Crippen LogP contribution is 2.07. The summed E-state index contributed by atoms with van der Waals surface area (Å²) in [6.45, 7) is 9.09. The maximum Gasteiger partial charge on any atom is 0.407 e. The smallest absolute Gasteiger partial charge is 0.407 e. The lowest BCUT2D eigenvalue weighted by Gasteiger charge is -2.22. The molecule has 0 aliphatic carbocycles. The fourth-order valence-electron chi connectivity index (χ4n) is 1.19. The van der Waals surface area contributed by atoms with Crippen LogP contribution in [0.3, 0.4) is 0 Å². The van der Waals surface area contributed by atoms with Gasteiger partial charge in [0, 0.05) is 6.04 Å². The SMILES string of the molecule is CC#CC(N)C[C@@H](C)NC(=O)OC(C)(C)C. The van der Waals surface area contributed by atoms with Crippen LogP contribution in [-0.2, 0) is 4.74 Å². The van der Waals surface area contributed by atoms with Gasteiger partial charge in [0.25, 0.3) is 0 Å². The van der Waals surface area contributed by atoms with Crippen molar-refractivity contribution >= 4 is 6.09 Å². The molecule has 0 radical (unpaired) electrons. The average molecular weight is 226 g/mol. The highest BCUT2D eigenvalue weighted by atomic mass is 16.6. The number of alkyl carbamates (subject to hydrolysis) is 1. The number of carbonyl (C=O) groups excluding carboxylic acids is 1. The van der Waals surface area contributed by atoms with Crippen molar-refractivity contribution in [3.8, 4) is 11.8 Å². The summed E-state index contributed by atoms with van der Waals surface area (Å²) in [6.07, 6.45) is 0.191. The molecule has 1 unspecified atom stereocenters. The first-order chi connectivity index (χ1) is 7.24. The van der Waals surface area contributed by atoms with E-state index in [0.29, 0.717) is 6.42 Å². The second kappa shape index (κ2) is 6.39. The largest absolute Gasteiger partial charge is 0.444 e. The number of hydrogen-bond donors (Lipinski definition) is 2. The number of nitrogens with two attached hydrogens (primary N) is 1. The van der Waals surface area contributed by atoms with Gasteiger partial charge in [-0.3, -0.25) is 0 Å². The van der Waals surface area contributed by atoms with Gasteiger partial charge in [-0.15, -0.1) is 5.92 Å². The number of nitrogens with one attached hydrogen (secondary N) is 1. The molecule has 0 bridgehead atoms. The van der Waals surface area contributed by atoms with E-state index in [1.807, 2.05) is 27.7 Å². The molecule has 0 aromatic carbocycles. The van der Waals surface area contributed by atoms with E-state index in [0.717, 1.165) is 0 Å². The van der Waals surface area contributed by atoms with Gasteiger partial charge in [-0.2, -0.15) is 0 Å². The quantitative estimate of drug-likeness (QED) is 0.719. The molecule has 0 saturated carbocycles. The number of amides is 1. The first kappa shape index (κ1) is 14.8. The molecule has 0 aliphatic heterocycles. The Labute approximate surface area is 97.9 Å². The molecule has 0 aliphatic rings. The predicted molar refractivity (Wildman–Crippen MR) is 64.9 cm³/mol. The van der Waals surface area contributed by atoms with Crippen molar-refractivity contribution in [2.24, 2.45) is 5.73 Å². The standard InChI is InChI=1S/C12H22N2O2/c1-6-7-10(13)8-9(2)14-11(15)16-12(3,4)5/h9-10H,8,13H2,1-5H3,(H,14,15)/t9-,10?/m1/s1. The van der Waals surface area contributed by atoms with Crippen LogP contribution in [0.4, 0.5) is 4.79 Å². The molecule has 92 valence electrons.